The number of thiophene rings is 1. The van der Waals surface area contributed by atoms with Crippen LogP contribution in [0.15, 0.2) is 38.7 Å². The molecule has 0 bridgehead atoms. The molecule has 1 saturated carbocycles. The van der Waals surface area contributed by atoms with Crippen LogP contribution in [0.25, 0.3) is 0 Å². The van der Waals surface area contributed by atoms with E-state index in [1.54, 1.807) is 23.5 Å². The Balaban J connectivity index is 1.79. The largest absolute Gasteiger partial charge is 0.444 e. The fourth-order valence-corrected chi connectivity index (χ4v) is 2.90. The summed E-state index contributed by atoms with van der Waals surface area (Å²) in [5.74, 6) is 0.391. The van der Waals surface area contributed by atoms with Crippen LogP contribution < -0.4 is 0 Å². The van der Waals surface area contributed by atoms with Crippen LogP contribution in [0, 0.1) is 0 Å². The lowest BCUT2D eigenvalue weighted by atomic mass is 10.3. The van der Waals surface area contributed by atoms with E-state index in [4.69, 9.17) is 4.42 Å². The first-order chi connectivity index (χ1) is 8.74. The molecule has 0 aliphatic heterocycles. The highest BCUT2D eigenvalue weighted by atomic mass is 79.9. The van der Waals surface area contributed by atoms with Crippen molar-refractivity contribution < 1.29 is 9.21 Å². The molecule has 0 saturated heterocycles. The minimum absolute atomic E-state index is 0.0170. The first-order valence-corrected chi connectivity index (χ1v) is 7.50. The fourth-order valence-electron chi connectivity index (χ4n) is 1.89. The van der Waals surface area contributed by atoms with Gasteiger partial charge in [-0.2, -0.15) is 0 Å². The average Bonchev–Trinajstić information content (AvgIpc) is 2.88. The molecule has 0 unspecified atom stereocenters. The molecule has 0 N–H and O–H groups in total. The van der Waals surface area contributed by atoms with Crippen molar-refractivity contribution in [2.75, 3.05) is 0 Å². The lowest BCUT2D eigenvalue weighted by Gasteiger charge is -2.20. The summed E-state index contributed by atoms with van der Waals surface area (Å²) in [5.41, 5.74) is 0. The normalized spacial score (nSPS) is 14.7. The molecule has 1 aliphatic carbocycles. The van der Waals surface area contributed by atoms with Gasteiger partial charge < -0.3 is 9.32 Å². The number of hydrogen-bond donors (Lipinski definition) is 0. The summed E-state index contributed by atoms with van der Waals surface area (Å²) in [4.78, 5) is 15.5. The van der Waals surface area contributed by atoms with E-state index in [1.165, 1.54) is 4.88 Å². The predicted molar refractivity (Wildman–Crippen MR) is 73.6 cm³/mol. The van der Waals surface area contributed by atoms with Gasteiger partial charge in [-0.25, -0.2) is 0 Å². The fraction of sp³-hybridized carbons (Fsp3) is 0.308. The molecule has 2 aromatic rings. The maximum absolute atomic E-state index is 12.4. The average molecular weight is 326 g/mol. The first-order valence-electron chi connectivity index (χ1n) is 5.83. The second kappa shape index (κ2) is 4.90. The van der Waals surface area contributed by atoms with Gasteiger partial charge in [0, 0.05) is 10.9 Å². The molecule has 3 rings (SSSR count). The van der Waals surface area contributed by atoms with Crippen LogP contribution in [0.4, 0.5) is 0 Å². The zero-order valence-electron chi connectivity index (χ0n) is 9.64. The van der Waals surface area contributed by atoms with Crippen LogP contribution in [0.1, 0.15) is 28.3 Å². The third-order valence-electron chi connectivity index (χ3n) is 2.94. The van der Waals surface area contributed by atoms with Crippen molar-refractivity contribution in [3.63, 3.8) is 0 Å². The SMILES string of the molecule is O=C(c1ccc(Br)o1)N(Cc1cccs1)C1CC1. The van der Waals surface area contributed by atoms with E-state index in [0.717, 1.165) is 12.8 Å². The Bertz CT molecular complexity index is 545. The molecule has 2 heterocycles. The number of carbonyl (C=O) groups excluding carboxylic acids is 1. The summed E-state index contributed by atoms with van der Waals surface area (Å²) in [5, 5.41) is 2.04. The summed E-state index contributed by atoms with van der Waals surface area (Å²) in [6.07, 6.45) is 2.19. The Morgan fingerprint density at radius 3 is 2.83 bits per heavy atom. The summed E-state index contributed by atoms with van der Waals surface area (Å²) >= 11 is 4.91. The standard InChI is InChI=1S/C13H12BrNO2S/c14-12-6-5-11(17-12)13(16)15(9-3-4-9)8-10-2-1-7-18-10/h1-2,5-7,9H,3-4,8H2. The highest BCUT2D eigenvalue weighted by Gasteiger charge is 2.34. The first kappa shape index (κ1) is 12.0. The molecule has 1 aliphatic rings. The van der Waals surface area contributed by atoms with Gasteiger partial charge in [0.2, 0.25) is 0 Å². The highest BCUT2D eigenvalue weighted by Crippen LogP contribution is 2.31. The molecule has 0 spiro atoms. The smallest absolute Gasteiger partial charge is 0.290 e. The topological polar surface area (TPSA) is 33.5 Å². The van der Waals surface area contributed by atoms with E-state index in [1.807, 2.05) is 16.3 Å². The van der Waals surface area contributed by atoms with E-state index >= 15 is 0 Å². The van der Waals surface area contributed by atoms with Crippen molar-refractivity contribution in [3.8, 4) is 0 Å². The predicted octanol–water partition coefficient (Wildman–Crippen LogP) is 3.91. The van der Waals surface area contributed by atoms with E-state index in [9.17, 15) is 4.79 Å². The molecule has 0 atom stereocenters. The minimum atomic E-state index is -0.0170. The van der Waals surface area contributed by atoms with Crippen LogP contribution in [0.3, 0.4) is 0 Å². The Morgan fingerprint density at radius 1 is 1.44 bits per heavy atom. The van der Waals surface area contributed by atoms with Gasteiger partial charge in [-0.1, -0.05) is 6.07 Å². The van der Waals surface area contributed by atoms with Gasteiger partial charge >= 0.3 is 0 Å². The van der Waals surface area contributed by atoms with Gasteiger partial charge in [0.1, 0.15) is 0 Å². The van der Waals surface area contributed by atoms with Gasteiger partial charge in [0.15, 0.2) is 10.4 Å². The number of rotatable bonds is 4. The van der Waals surface area contributed by atoms with Gasteiger partial charge in [-0.05, 0) is 52.4 Å². The van der Waals surface area contributed by atoms with E-state index in [-0.39, 0.29) is 5.91 Å². The number of halogens is 1. The molecular weight excluding hydrogens is 314 g/mol. The van der Waals surface area contributed by atoms with E-state index < -0.39 is 0 Å². The Hall–Kier alpha value is -1.07. The molecule has 1 amide bonds. The van der Waals surface area contributed by atoms with Crippen LogP contribution in [-0.4, -0.2) is 16.8 Å². The number of nitrogens with zero attached hydrogens (tertiary/aromatic N) is 1. The molecule has 94 valence electrons. The summed E-state index contributed by atoms with van der Waals surface area (Å²) < 4.78 is 5.95. The molecular formula is C13H12BrNO2S. The molecule has 1 fully saturated rings. The van der Waals surface area contributed by atoms with Gasteiger partial charge in [0.05, 0.1) is 6.54 Å². The molecule has 0 aromatic carbocycles. The number of carbonyl (C=O) groups is 1. The number of amides is 1. The maximum atomic E-state index is 12.4. The maximum Gasteiger partial charge on any atom is 0.290 e. The van der Waals surface area contributed by atoms with Gasteiger partial charge in [-0.15, -0.1) is 11.3 Å². The zero-order chi connectivity index (χ0) is 12.5. The monoisotopic (exact) mass is 325 g/mol. The second-order valence-electron chi connectivity index (χ2n) is 4.35. The van der Waals surface area contributed by atoms with Crippen LogP contribution in [0.2, 0.25) is 0 Å². The third-order valence-corrected chi connectivity index (χ3v) is 4.23. The van der Waals surface area contributed by atoms with Crippen LogP contribution in [0.5, 0.6) is 0 Å². The van der Waals surface area contributed by atoms with Crippen molar-refractivity contribution in [1.82, 2.24) is 4.90 Å². The van der Waals surface area contributed by atoms with Crippen molar-refractivity contribution >= 4 is 33.2 Å². The van der Waals surface area contributed by atoms with Crippen molar-refractivity contribution in [2.45, 2.75) is 25.4 Å². The summed E-state index contributed by atoms with van der Waals surface area (Å²) in [6, 6.07) is 7.92. The molecule has 5 heteroatoms. The van der Waals surface area contributed by atoms with Crippen molar-refractivity contribution in [2.24, 2.45) is 0 Å². The summed E-state index contributed by atoms with van der Waals surface area (Å²) in [6.45, 7) is 0.680. The Morgan fingerprint density at radius 2 is 2.28 bits per heavy atom. The lowest BCUT2D eigenvalue weighted by Crippen LogP contribution is -2.32. The highest BCUT2D eigenvalue weighted by molar-refractivity contribution is 9.10. The Labute approximate surface area is 118 Å². The van der Waals surface area contributed by atoms with Gasteiger partial charge in [-0.3, -0.25) is 4.79 Å². The quantitative estimate of drug-likeness (QED) is 0.853. The van der Waals surface area contributed by atoms with Gasteiger partial charge in [0.25, 0.3) is 5.91 Å². The molecule has 18 heavy (non-hydrogen) atoms. The second-order valence-corrected chi connectivity index (χ2v) is 6.16. The van der Waals surface area contributed by atoms with E-state index in [2.05, 4.69) is 22.0 Å². The number of hydrogen-bond acceptors (Lipinski definition) is 3. The molecule has 3 nitrogen and oxygen atoms in total. The number of furan rings is 1. The molecule has 2 aromatic heterocycles. The Kier molecular flexibility index (Phi) is 3.26. The van der Waals surface area contributed by atoms with E-state index in [0.29, 0.717) is 23.0 Å². The lowest BCUT2D eigenvalue weighted by molar-refractivity contribution is 0.0698. The minimum Gasteiger partial charge on any atom is -0.444 e. The summed E-state index contributed by atoms with van der Waals surface area (Å²) in [7, 11) is 0. The zero-order valence-corrected chi connectivity index (χ0v) is 12.0. The van der Waals surface area contributed by atoms with Crippen LogP contribution in [-0.2, 0) is 6.54 Å². The van der Waals surface area contributed by atoms with Crippen molar-refractivity contribution in [1.29, 1.82) is 0 Å². The molecule has 0 radical (unpaired) electrons. The van der Waals surface area contributed by atoms with Crippen molar-refractivity contribution in [3.05, 3.63) is 45.0 Å². The van der Waals surface area contributed by atoms with Crippen LogP contribution >= 0.6 is 27.3 Å². The third kappa shape index (κ3) is 2.52.